The van der Waals surface area contributed by atoms with E-state index < -0.39 is 0 Å². The lowest BCUT2D eigenvalue weighted by Crippen LogP contribution is -2.26. The molecule has 1 rings (SSSR count). The van der Waals surface area contributed by atoms with Crippen molar-refractivity contribution in [1.29, 1.82) is 0 Å². The van der Waals surface area contributed by atoms with E-state index in [9.17, 15) is 4.79 Å². The summed E-state index contributed by atoms with van der Waals surface area (Å²) in [7, 11) is 0. The molecule has 94 valence electrons. The number of aryl methyl sites for hydroxylation is 3. The molecule has 0 atom stereocenters. The number of hydrogen-bond donors (Lipinski definition) is 1. The predicted octanol–water partition coefficient (Wildman–Crippen LogP) is 3.52. The van der Waals surface area contributed by atoms with Crippen LogP contribution in [0.2, 0.25) is 0 Å². The van der Waals surface area contributed by atoms with E-state index in [1.165, 1.54) is 5.56 Å². The number of nitrogens with one attached hydrogen (secondary N) is 1. The van der Waals surface area contributed by atoms with Crippen LogP contribution in [0.15, 0.2) is 12.1 Å². The molecule has 1 N–H and O–H groups in total. The molecule has 0 aromatic heterocycles. The smallest absolute Gasteiger partial charge is 0.251 e. The van der Waals surface area contributed by atoms with Gasteiger partial charge in [-0.15, -0.1) is 0 Å². The van der Waals surface area contributed by atoms with Crippen LogP contribution in [0, 0.1) is 20.8 Å². The highest BCUT2D eigenvalue weighted by molar-refractivity contribution is 9.09. The standard InChI is InChI=1S/C14H20BrNO/c1-10-8-11(2)13(12(3)9-10)14(17)16-7-5-4-6-15/h8-9H,4-7H2,1-3H3,(H,16,17). The maximum atomic E-state index is 12.0. The van der Waals surface area contributed by atoms with Crippen molar-refractivity contribution in [3.05, 3.63) is 34.4 Å². The minimum absolute atomic E-state index is 0.0505. The van der Waals surface area contributed by atoms with Crippen LogP contribution in [0.25, 0.3) is 0 Å². The first kappa shape index (κ1) is 14.2. The maximum absolute atomic E-state index is 12.0. The summed E-state index contributed by atoms with van der Waals surface area (Å²) in [4.78, 5) is 12.0. The molecule has 1 aromatic rings. The number of amides is 1. The maximum Gasteiger partial charge on any atom is 0.251 e. The minimum atomic E-state index is 0.0505. The Morgan fingerprint density at radius 2 is 1.76 bits per heavy atom. The first-order valence-corrected chi connectivity index (χ1v) is 7.10. The molecule has 0 fully saturated rings. The molecule has 0 aliphatic rings. The minimum Gasteiger partial charge on any atom is -0.352 e. The quantitative estimate of drug-likeness (QED) is 0.654. The molecule has 0 unspecified atom stereocenters. The van der Waals surface area contributed by atoms with E-state index in [1.807, 2.05) is 13.8 Å². The van der Waals surface area contributed by atoms with Crippen LogP contribution in [0.4, 0.5) is 0 Å². The zero-order valence-corrected chi connectivity index (χ0v) is 12.4. The molecule has 0 radical (unpaired) electrons. The number of halogens is 1. The Labute approximate surface area is 112 Å². The molecule has 0 saturated heterocycles. The summed E-state index contributed by atoms with van der Waals surface area (Å²) in [5.74, 6) is 0.0505. The van der Waals surface area contributed by atoms with Crippen molar-refractivity contribution in [1.82, 2.24) is 5.32 Å². The number of rotatable bonds is 5. The van der Waals surface area contributed by atoms with Gasteiger partial charge in [0.1, 0.15) is 0 Å². The fourth-order valence-corrected chi connectivity index (χ4v) is 2.44. The Bertz CT molecular complexity index is 378. The second-order valence-corrected chi connectivity index (χ2v) is 5.22. The number of carbonyl (C=O) groups excluding carboxylic acids is 1. The van der Waals surface area contributed by atoms with Gasteiger partial charge in [0, 0.05) is 17.4 Å². The monoisotopic (exact) mass is 297 g/mol. The molecule has 0 bridgehead atoms. The number of unbranched alkanes of at least 4 members (excludes halogenated alkanes) is 1. The number of benzene rings is 1. The number of alkyl halides is 1. The van der Waals surface area contributed by atoms with Crippen LogP contribution in [0.5, 0.6) is 0 Å². The molecule has 0 spiro atoms. The largest absolute Gasteiger partial charge is 0.352 e. The van der Waals surface area contributed by atoms with Crippen molar-refractivity contribution < 1.29 is 4.79 Å². The van der Waals surface area contributed by atoms with E-state index in [-0.39, 0.29) is 5.91 Å². The number of hydrogen-bond acceptors (Lipinski definition) is 1. The summed E-state index contributed by atoms with van der Waals surface area (Å²) in [6.07, 6.45) is 2.10. The van der Waals surface area contributed by atoms with E-state index in [1.54, 1.807) is 0 Å². The average Bonchev–Trinajstić information content (AvgIpc) is 2.23. The third-order valence-corrected chi connectivity index (χ3v) is 3.31. The molecule has 17 heavy (non-hydrogen) atoms. The lowest BCUT2D eigenvalue weighted by Gasteiger charge is -2.11. The highest BCUT2D eigenvalue weighted by Gasteiger charge is 2.11. The van der Waals surface area contributed by atoms with E-state index >= 15 is 0 Å². The second kappa shape index (κ2) is 6.80. The lowest BCUT2D eigenvalue weighted by molar-refractivity contribution is 0.0952. The third kappa shape index (κ3) is 4.15. The molecule has 0 saturated carbocycles. The molecule has 0 heterocycles. The molecule has 2 nitrogen and oxygen atoms in total. The van der Waals surface area contributed by atoms with Gasteiger partial charge in [-0.3, -0.25) is 4.79 Å². The van der Waals surface area contributed by atoms with Gasteiger partial charge in [-0.2, -0.15) is 0 Å². The summed E-state index contributed by atoms with van der Waals surface area (Å²) < 4.78 is 0. The number of carbonyl (C=O) groups is 1. The molecule has 0 aliphatic carbocycles. The fraction of sp³-hybridized carbons (Fsp3) is 0.500. The van der Waals surface area contributed by atoms with Crippen LogP contribution in [0.1, 0.15) is 39.9 Å². The lowest BCUT2D eigenvalue weighted by atomic mass is 9.99. The highest BCUT2D eigenvalue weighted by Crippen LogP contribution is 2.16. The van der Waals surface area contributed by atoms with E-state index in [0.29, 0.717) is 0 Å². The average molecular weight is 298 g/mol. The van der Waals surface area contributed by atoms with Gasteiger partial charge in [0.05, 0.1) is 0 Å². The van der Waals surface area contributed by atoms with Gasteiger partial charge in [-0.1, -0.05) is 33.6 Å². The van der Waals surface area contributed by atoms with Gasteiger partial charge in [0.15, 0.2) is 0 Å². The Balaban J connectivity index is 2.69. The highest BCUT2D eigenvalue weighted by atomic mass is 79.9. The fourth-order valence-electron chi connectivity index (χ4n) is 2.05. The van der Waals surface area contributed by atoms with E-state index in [0.717, 1.165) is 41.4 Å². The van der Waals surface area contributed by atoms with Gasteiger partial charge in [-0.05, 0) is 44.7 Å². The summed E-state index contributed by atoms with van der Waals surface area (Å²) in [6.45, 7) is 6.79. The molecular weight excluding hydrogens is 278 g/mol. The Morgan fingerprint density at radius 3 is 2.29 bits per heavy atom. The topological polar surface area (TPSA) is 29.1 Å². The molecular formula is C14H20BrNO. The summed E-state index contributed by atoms with van der Waals surface area (Å²) in [5, 5.41) is 3.97. The SMILES string of the molecule is Cc1cc(C)c(C(=O)NCCCCBr)c(C)c1. The van der Waals surface area contributed by atoms with Gasteiger partial charge < -0.3 is 5.32 Å². The van der Waals surface area contributed by atoms with Crippen LogP contribution in [-0.4, -0.2) is 17.8 Å². The van der Waals surface area contributed by atoms with Crippen molar-refractivity contribution >= 4 is 21.8 Å². The summed E-state index contributed by atoms with van der Waals surface area (Å²) in [5.41, 5.74) is 4.14. The summed E-state index contributed by atoms with van der Waals surface area (Å²) in [6, 6.07) is 4.11. The zero-order chi connectivity index (χ0) is 12.8. The van der Waals surface area contributed by atoms with Crippen molar-refractivity contribution in [2.75, 3.05) is 11.9 Å². The predicted molar refractivity (Wildman–Crippen MR) is 76.0 cm³/mol. The van der Waals surface area contributed by atoms with E-state index in [2.05, 4.69) is 40.3 Å². The molecule has 1 amide bonds. The van der Waals surface area contributed by atoms with Crippen molar-refractivity contribution in [3.63, 3.8) is 0 Å². The van der Waals surface area contributed by atoms with Gasteiger partial charge in [0.2, 0.25) is 0 Å². The van der Waals surface area contributed by atoms with E-state index in [4.69, 9.17) is 0 Å². The van der Waals surface area contributed by atoms with Crippen molar-refractivity contribution in [2.45, 2.75) is 33.6 Å². The zero-order valence-electron chi connectivity index (χ0n) is 10.8. The van der Waals surface area contributed by atoms with Crippen LogP contribution >= 0.6 is 15.9 Å². The van der Waals surface area contributed by atoms with Gasteiger partial charge in [-0.25, -0.2) is 0 Å². The summed E-state index contributed by atoms with van der Waals surface area (Å²) >= 11 is 3.38. The first-order chi connectivity index (χ1) is 8.06. The van der Waals surface area contributed by atoms with Crippen LogP contribution in [0.3, 0.4) is 0 Å². The van der Waals surface area contributed by atoms with Crippen LogP contribution in [-0.2, 0) is 0 Å². The van der Waals surface area contributed by atoms with Gasteiger partial charge in [0.25, 0.3) is 5.91 Å². The Kier molecular flexibility index (Phi) is 5.69. The van der Waals surface area contributed by atoms with Crippen molar-refractivity contribution in [3.8, 4) is 0 Å². The van der Waals surface area contributed by atoms with Gasteiger partial charge >= 0.3 is 0 Å². The molecule has 1 aromatic carbocycles. The third-order valence-electron chi connectivity index (χ3n) is 2.75. The second-order valence-electron chi connectivity index (χ2n) is 4.43. The van der Waals surface area contributed by atoms with Crippen molar-refractivity contribution in [2.24, 2.45) is 0 Å². The Hall–Kier alpha value is -0.830. The molecule has 0 aliphatic heterocycles. The Morgan fingerprint density at radius 1 is 1.18 bits per heavy atom. The first-order valence-electron chi connectivity index (χ1n) is 5.98. The van der Waals surface area contributed by atoms with Crippen LogP contribution < -0.4 is 5.32 Å². The molecule has 3 heteroatoms. The normalized spacial score (nSPS) is 10.4.